The van der Waals surface area contributed by atoms with Gasteiger partial charge in [-0.3, -0.25) is 4.98 Å². The van der Waals surface area contributed by atoms with Gasteiger partial charge >= 0.3 is 5.97 Å². The van der Waals surface area contributed by atoms with E-state index in [1.165, 1.54) is 57.2 Å². The van der Waals surface area contributed by atoms with E-state index in [-0.39, 0.29) is 0 Å². The van der Waals surface area contributed by atoms with Gasteiger partial charge in [-0.2, -0.15) is 0 Å². The summed E-state index contributed by atoms with van der Waals surface area (Å²) in [6.45, 7) is 3.04. The summed E-state index contributed by atoms with van der Waals surface area (Å²) in [6.07, 6.45) is 13.3. The van der Waals surface area contributed by atoms with Gasteiger partial charge in [0, 0.05) is 12.7 Å². The SMILES string of the molecule is CCCCCCCCCCNc1cnccc1C(=O)O. The summed E-state index contributed by atoms with van der Waals surface area (Å²) in [5.74, 6) is -0.911. The van der Waals surface area contributed by atoms with E-state index in [1.807, 2.05) is 0 Å². The van der Waals surface area contributed by atoms with Crippen LogP contribution in [0.2, 0.25) is 0 Å². The molecule has 0 aromatic carbocycles. The summed E-state index contributed by atoms with van der Waals surface area (Å²) >= 11 is 0. The molecule has 4 heteroatoms. The Morgan fingerprint density at radius 1 is 1.15 bits per heavy atom. The van der Waals surface area contributed by atoms with E-state index >= 15 is 0 Å². The molecule has 2 N–H and O–H groups in total. The molecule has 0 unspecified atom stereocenters. The van der Waals surface area contributed by atoms with Gasteiger partial charge in [-0.1, -0.05) is 51.9 Å². The summed E-state index contributed by atoms with van der Waals surface area (Å²) in [7, 11) is 0. The molecule has 0 atom stereocenters. The normalized spacial score (nSPS) is 10.4. The van der Waals surface area contributed by atoms with Crippen LogP contribution in [0.4, 0.5) is 5.69 Å². The lowest BCUT2D eigenvalue weighted by Crippen LogP contribution is -2.08. The first-order valence-corrected chi connectivity index (χ1v) is 7.67. The number of nitrogens with one attached hydrogen (secondary N) is 1. The molecule has 0 saturated carbocycles. The second-order valence-corrected chi connectivity index (χ2v) is 5.13. The van der Waals surface area contributed by atoms with Gasteiger partial charge in [0.2, 0.25) is 0 Å². The standard InChI is InChI=1S/C16H26N2O2/c1-2-3-4-5-6-7-8-9-11-18-15-13-17-12-10-14(15)16(19)20/h10,12-13,18H,2-9,11H2,1H3,(H,19,20). The predicted octanol–water partition coefficient (Wildman–Crippen LogP) is 4.33. The van der Waals surface area contributed by atoms with Crippen LogP contribution in [-0.2, 0) is 0 Å². The van der Waals surface area contributed by atoms with Gasteiger partial charge in [-0.15, -0.1) is 0 Å². The summed E-state index contributed by atoms with van der Waals surface area (Å²) in [6, 6.07) is 1.53. The third kappa shape index (κ3) is 6.55. The van der Waals surface area contributed by atoms with Crippen molar-refractivity contribution in [3.63, 3.8) is 0 Å². The van der Waals surface area contributed by atoms with Crippen molar-refractivity contribution in [1.82, 2.24) is 4.98 Å². The molecule has 0 bridgehead atoms. The van der Waals surface area contributed by atoms with Gasteiger partial charge in [0.05, 0.1) is 17.4 Å². The molecular weight excluding hydrogens is 252 g/mol. The number of aromatic carboxylic acids is 1. The van der Waals surface area contributed by atoms with Crippen molar-refractivity contribution in [3.05, 3.63) is 24.0 Å². The highest BCUT2D eigenvalue weighted by molar-refractivity contribution is 5.93. The number of rotatable bonds is 11. The van der Waals surface area contributed by atoms with Crippen molar-refractivity contribution in [1.29, 1.82) is 0 Å². The van der Waals surface area contributed by atoms with Crippen LogP contribution >= 0.6 is 0 Å². The second-order valence-electron chi connectivity index (χ2n) is 5.13. The summed E-state index contributed by atoms with van der Waals surface area (Å²) < 4.78 is 0. The lowest BCUT2D eigenvalue weighted by Gasteiger charge is -2.08. The molecule has 20 heavy (non-hydrogen) atoms. The van der Waals surface area contributed by atoms with Crippen molar-refractivity contribution in [3.8, 4) is 0 Å². The van der Waals surface area contributed by atoms with Crippen molar-refractivity contribution in [2.24, 2.45) is 0 Å². The number of carboxylic acids is 1. The minimum Gasteiger partial charge on any atom is -0.478 e. The molecule has 0 aliphatic carbocycles. The minimum atomic E-state index is -0.911. The Balaban J connectivity index is 2.11. The zero-order chi connectivity index (χ0) is 14.6. The van der Waals surface area contributed by atoms with Crippen molar-refractivity contribution < 1.29 is 9.90 Å². The highest BCUT2D eigenvalue weighted by atomic mass is 16.4. The van der Waals surface area contributed by atoms with E-state index in [2.05, 4.69) is 17.2 Å². The second kappa shape index (κ2) is 10.2. The first-order chi connectivity index (χ1) is 9.75. The first kappa shape index (κ1) is 16.5. The Kier molecular flexibility index (Phi) is 8.43. The van der Waals surface area contributed by atoms with Gasteiger partial charge < -0.3 is 10.4 Å². The molecule has 0 saturated heterocycles. The molecule has 1 rings (SSSR count). The Morgan fingerprint density at radius 3 is 2.45 bits per heavy atom. The topological polar surface area (TPSA) is 62.2 Å². The van der Waals surface area contributed by atoms with Crippen LogP contribution in [0.3, 0.4) is 0 Å². The number of pyridine rings is 1. The Labute approximate surface area is 121 Å². The lowest BCUT2D eigenvalue weighted by molar-refractivity contribution is 0.0698. The predicted molar refractivity (Wildman–Crippen MR) is 82.3 cm³/mol. The molecule has 0 aliphatic heterocycles. The maximum atomic E-state index is 11.0. The number of anilines is 1. The van der Waals surface area contributed by atoms with Gasteiger partial charge in [0.25, 0.3) is 0 Å². The van der Waals surface area contributed by atoms with E-state index in [0.29, 0.717) is 11.3 Å². The molecule has 1 heterocycles. The van der Waals surface area contributed by atoms with Crippen LogP contribution < -0.4 is 5.32 Å². The average molecular weight is 278 g/mol. The number of carbonyl (C=O) groups is 1. The van der Waals surface area contributed by atoms with E-state index in [1.54, 1.807) is 6.20 Å². The summed E-state index contributed by atoms with van der Waals surface area (Å²) in [5, 5.41) is 12.2. The molecule has 0 radical (unpaired) electrons. The van der Waals surface area contributed by atoms with E-state index in [9.17, 15) is 4.79 Å². The van der Waals surface area contributed by atoms with Crippen LogP contribution in [0, 0.1) is 0 Å². The largest absolute Gasteiger partial charge is 0.478 e. The highest BCUT2D eigenvalue weighted by Gasteiger charge is 2.08. The fourth-order valence-corrected chi connectivity index (χ4v) is 2.20. The number of unbranched alkanes of at least 4 members (excludes halogenated alkanes) is 7. The minimum absolute atomic E-state index is 0.291. The van der Waals surface area contributed by atoms with E-state index < -0.39 is 5.97 Å². The van der Waals surface area contributed by atoms with Gasteiger partial charge in [0.1, 0.15) is 0 Å². The van der Waals surface area contributed by atoms with Crippen LogP contribution in [-0.4, -0.2) is 22.6 Å². The number of hydrogen-bond donors (Lipinski definition) is 2. The smallest absolute Gasteiger partial charge is 0.337 e. The number of hydrogen-bond acceptors (Lipinski definition) is 3. The quantitative estimate of drug-likeness (QED) is 0.591. The molecule has 1 aromatic heterocycles. The zero-order valence-corrected chi connectivity index (χ0v) is 12.4. The molecular formula is C16H26N2O2. The van der Waals surface area contributed by atoms with Crippen LogP contribution in [0.5, 0.6) is 0 Å². The molecule has 112 valence electrons. The third-order valence-corrected chi connectivity index (χ3v) is 3.40. The first-order valence-electron chi connectivity index (χ1n) is 7.67. The highest BCUT2D eigenvalue weighted by Crippen LogP contribution is 2.14. The lowest BCUT2D eigenvalue weighted by atomic mass is 10.1. The number of aromatic nitrogens is 1. The van der Waals surface area contributed by atoms with E-state index in [0.717, 1.165) is 13.0 Å². The maximum absolute atomic E-state index is 11.0. The average Bonchev–Trinajstić information content (AvgIpc) is 2.46. The third-order valence-electron chi connectivity index (χ3n) is 3.40. The summed E-state index contributed by atoms with van der Waals surface area (Å²) in [4.78, 5) is 15.0. The van der Waals surface area contributed by atoms with Gasteiger partial charge in [-0.05, 0) is 12.5 Å². The van der Waals surface area contributed by atoms with Crippen LogP contribution in [0.1, 0.15) is 68.6 Å². The monoisotopic (exact) mass is 278 g/mol. The van der Waals surface area contributed by atoms with Crippen molar-refractivity contribution in [2.75, 3.05) is 11.9 Å². The Hall–Kier alpha value is -1.58. The number of nitrogens with zero attached hydrogens (tertiary/aromatic N) is 1. The van der Waals surface area contributed by atoms with Crippen molar-refractivity contribution in [2.45, 2.75) is 58.3 Å². The van der Waals surface area contributed by atoms with Crippen LogP contribution in [0.15, 0.2) is 18.5 Å². The number of carboxylic acid groups (broad SMARTS) is 1. The Morgan fingerprint density at radius 2 is 1.80 bits per heavy atom. The van der Waals surface area contributed by atoms with Gasteiger partial charge in [-0.25, -0.2) is 4.79 Å². The molecule has 4 nitrogen and oxygen atoms in total. The molecule has 0 spiro atoms. The fraction of sp³-hybridized carbons (Fsp3) is 0.625. The maximum Gasteiger partial charge on any atom is 0.337 e. The van der Waals surface area contributed by atoms with Crippen molar-refractivity contribution >= 4 is 11.7 Å². The summed E-state index contributed by atoms with van der Waals surface area (Å²) in [5.41, 5.74) is 0.905. The molecule has 0 fully saturated rings. The molecule has 0 amide bonds. The zero-order valence-electron chi connectivity index (χ0n) is 12.4. The molecule has 1 aromatic rings. The van der Waals surface area contributed by atoms with E-state index in [4.69, 9.17) is 5.11 Å². The Bertz CT molecular complexity index is 394. The van der Waals surface area contributed by atoms with Crippen LogP contribution in [0.25, 0.3) is 0 Å². The molecule has 0 aliphatic rings. The fourth-order valence-electron chi connectivity index (χ4n) is 2.20. The van der Waals surface area contributed by atoms with Gasteiger partial charge in [0.15, 0.2) is 0 Å².